The smallest absolute Gasteiger partial charge is 0.133 e. The van der Waals surface area contributed by atoms with E-state index in [0.29, 0.717) is 12.0 Å². The van der Waals surface area contributed by atoms with Gasteiger partial charge in [0.2, 0.25) is 0 Å². The number of benzene rings is 1. The Bertz CT molecular complexity index is 368. The van der Waals surface area contributed by atoms with Gasteiger partial charge in [-0.05, 0) is 59.4 Å². The van der Waals surface area contributed by atoms with Crippen molar-refractivity contribution in [3.8, 4) is 5.75 Å². The Morgan fingerprint density at radius 1 is 1.33 bits per heavy atom. The molecule has 0 saturated heterocycles. The first kappa shape index (κ1) is 15.5. The molecule has 0 aliphatic carbocycles. The van der Waals surface area contributed by atoms with Crippen LogP contribution in [0.3, 0.4) is 0 Å². The van der Waals surface area contributed by atoms with E-state index in [1.54, 1.807) is 7.11 Å². The Balaban J connectivity index is 2.72. The lowest BCUT2D eigenvalue weighted by atomic mass is 9.91. The van der Waals surface area contributed by atoms with Gasteiger partial charge in [-0.3, -0.25) is 0 Å². The van der Waals surface area contributed by atoms with Gasteiger partial charge in [0.1, 0.15) is 5.75 Å². The summed E-state index contributed by atoms with van der Waals surface area (Å²) in [5.74, 6) is 1.57. The molecule has 18 heavy (non-hydrogen) atoms. The summed E-state index contributed by atoms with van der Waals surface area (Å²) in [6, 6.07) is 6.91. The molecule has 102 valence electrons. The largest absolute Gasteiger partial charge is 0.496 e. The lowest BCUT2D eigenvalue weighted by Gasteiger charge is -2.23. The van der Waals surface area contributed by atoms with Crippen molar-refractivity contribution in [1.82, 2.24) is 5.32 Å². The monoisotopic (exact) mass is 313 g/mol. The van der Waals surface area contributed by atoms with Crippen LogP contribution in [0.25, 0.3) is 0 Å². The molecule has 0 aliphatic heterocycles. The maximum atomic E-state index is 5.26. The van der Waals surface area contributed by atoms with Crippen molar-refractivity contribution in [2.24, 2.45) is 5.92 Å². The van der Waals surface area contributed by atoms with E-state index in [1.165, 1.54) is 12.0 Å². The van der Waals surface area contributed by atoms with E-state index in [-0.39, 0.29) is 0 Å². The van der Waals surface area contributed by atoms with Crippen molar-refractivity contribution < 1.29 is 4.74 Å². The number of hydrogen-bond donors (Lipinski definition) is 1. The molecular formula is C15H24BrNO. The Morgan fingerprint density at radius 3 is 2.56 bits per heavy atom. The maximum Gasteiger partial charge on any atom is 0.133 e. The van der Waals surface area contributed by atoms with E-state index in [1.807, 2.05) is 6.07 Å². The van der Waals surface area contributed by atoms with Crippen LogP contribution >= 0.6 is 15.9 Å². The number of methoxy groups -OCH3 is 1. The molecule has 0 radical (unpaired) electrons. The van der Waals surface area contributed by atoms with Crippen LogP contribution in [0, 0.1) is 5.92 Å². The number of nitrogens with one attached hydrogen (secondary N) is 1. The highest BCUT2D eigenvalue weighted by Gasteiger charge is 2.15. The molecule has 0 aromatic heterocycles. The molecule has 1 rings (SSSR count). The first-order chi connectivity index (χ1) is 8.62. The zero-order valence-corrected chi connectivity index (χ0v) is 13.4. The van der Waals surface area contributed by atoms with Crippen LogP contribution in [0.15, 0.2) is 22.7 Å². The molecule has 0 aliphatic rings. The van der Waals surface area contributed by atoms with E-state index >= 15 is 0 Å². The second-order valence-electron chi connectivity index (χ2n) is 4.69. The first-order valence-corrected chi connectivity index (χ1v) is 7.47. The second-order valence-corrected chi connectivity index (χ2v) is 5.54. The third-order valence-corrected chi connectivity index (χ3v) is 4.09. The summed E-state index contributed by atoms with van der Waals surface area (Å²) in [7, 11) is 1.70. The summed E-state index contributed by atoms with van der Waals surface area (Å²) in [4.78, 5) is 0. The standard InChI is InChI=1S/C15H24BrNO/c1-5-13(11(3)17-6-2)9-12-7-8-15(18-4)14(16)10-12/h7-8,10-11,13,17H,5-6,9H2,1-4H3. The fourth-order valence-electron chi connectivity index (χ4n) is 2.30. The molecule has 1 aromatic rings. The number of rotatable bonds is 7. The van der Waals surface area contributed by atoms with Crippen molar-refractivity contribution >= 4 is 15.9 Å². The van der Waals surface area contributed by atoms with Gasteiger partial charge in [-0.25, -0.2) is 0 Å². The van der Waals surface area contributed by atoms with Crippen LogP contribution in [0.2, 0.25) is 0 Å². The molecule has 1 aromatic carbocycles. The van der Waals surface area contributed by atoms with Crippen molar-refractivity contribution in [3.63, 3.8) is 0 Å². The van der Waals surface area contributed by atoms with Gasteiger partial charge in [0.05, 0.1) is 11.6 Å². The van der Waals surface area contributed by atoms with Gasteiger partial charge in [-0.1, -0.05) is 26.3 Å². The minimum atomic E-state index is 0.556. The zero-order chi connectivity index (χ0) is 13.5. The van der Waals surface area contributed by atoms with E-state index in [4.69, 9.17) is 4.74 Å². The lowest BCUT2D eigenvalue weighted by Crippen LogP contribution is -2.34. The molecule has 3 heteroatoms. The third-order valence-electron chi connectivity index (χ3n) is 3.47. The van der Waals surface area contributed by atoms with Gasteiger partial charge in [-0.15, -0.1) is 0 Å². The second kappa shape index (κ2) is 7.80. The highest BCUT2D eigenvalue weighted by molar-refractivity contribution is 9.10. The van der Waals surface area contributed by atoms with Crippen molar-refractivity contribution in [2.45, 2.75) is 39.7 Å². The van der Waals surface area contributed by atoms with Gasteiger partial charge in [-0.2, -0.15) is 0 Å². The van der Waals surface area contributed by atoms with Gasteiger partial charge < -0.3 is 10.1 Å². The minimum Gasteiger partial charge on any atom is -0.496 e. The molecule has 1 N–H and O–H groups in total. The summed E-state index contributed by atoms with van der Waals surface area (Å²) in [5.41, 5.74) is 1.36. The molecule has 2 nitrogen and oxygen atoms in total. The summed E-state index contributed by atoms with van der Waals surface area (Å²) in [6.45, 7) is 7.73. The third kappa shape index (κ3) is 4.29. The number of ether oxygens (including phenoxy) is 1. The van der Waals surface area contributed by atoms with Gasteiger partial charge in [0.15, 0.2) is 0 Å². The Morgan fingerprint density at radius 2 is 2.06 bits per heavy atom. The predicted molar refractivity (Wildman–Crippen MR) is 81.3 cm³/mol. The van der Waals surface area contributed by atoms with Gasteiger partial charge in [0.25, 0.3) is 0 Å². The molecule has 0 fully saturated rings. The molecule has 2 unspecified atom stereocenters. The first-order valence-electron chi connectivity index (χ1n) is 6.68. The topological polar surface area (TPSA) is 21.3 Å². The molecular weight excluding hydrogens is 290 g/mol. The van der Waals surface area contributed by atoms with Crippen LogP contribution in [0.5, 0.6) is 5.75 Å². The fourth-order valence-corrected chi connectivity index (χ4v) is 2.89. The van der Waals surface area contributed by atoms with Crippen LogP contribution in [-0.4, -0.2) is 19.7 Å². The normalized spacial score (nSPS) is 14.3. The van der Waals surface area contributed by atoms with Crippen LogP contribution in [0.4, 0.5) is 0 Å². The zero-order valence-electron chi connectivity index (χ0n) is 11.8. The summed E-state index contributed by atoms with van der Waals surface area (Å²) >= 11 is 3.55. The highest BCUT2D eigenvalue weighted by atomic mass is 79.9. The van der Waals surface area contributed by atoms with Crippen LogP contribution in [-0.2, 0) is 6.42 Å². The average molecular weight is 314 g/mol. The Labute approximate surface area is 119 Å². The minimum absolute atomic E-state index is 0.556. The molecule has 2 atom stereocenters. The van der Waals surface area contributed by atoms with Crippen LogP contribution < -0.4 is 10.1 Å². The van der Waals surface area contributed by atoms with E-state index < -0.39 is 0 Å². The summed E-state index contributed by atoms with van der Waals surface area (Å²) in [5, 5.41) is 3.52. The van der Waals surface area contributed by atoms with Gasteiger partial charge >= 0.3 is 0 Å². The molecule has 0 bridgehead atoms. The average Bonchev–Trinajstić information content (AvgIpc) is 2.36. The molecule has 0 spiro atoms. The lowest BCUT2D eigenvalue weighted by molar-refractivity contribution is 0.367. The summed E-state index contributed by atoms with van der Waals surface area (Å²) < 4.78 is 6.29. The number of halogens is 1. The van der Waals surface area contributed by atoms with Crippen molar-refractivity contribution in [2.75, 3.05) is 13.7 Å². The molecule has 0 heterocycles. The Hall–Kier alpha value is -0.540. The quantitative estimate of drug-likeness (QED) is 0.820. The van der Waals surface area contributed by atoms with E-state index in [0.717, 1.165) is 23.2 Å². The number of hydrogen-bond acceptors (Lipinski definition) is 2. The maximum absolute atomic E-state index is 5.26. The molecule has 0 saturated carbocycles. The molecule has 0 amide bonds. The highest BCUT2D eigenvalue weighted by Crippen LogP contribution is 2.27. The van der Waals surface area contributed by atoms with E-state index in [2.05, 4.69) is 54.2 Å². The SMILES string of the molecule is CCNC(C)C(CC)Cc1ccc(OC)c(Br)c1. The van der Waals surface area contributed by atoms with Gasteiger partial charge in [0, 0.05) is 6.04 Å². The Kier molecular flexibility index (Phi) is 6.72. The van der Waals surface area contributed by atoms with Crippen molar-refractivity contribution in [1.29, 1.82) is 0 Å². The fraction of sp³-hybridized carbons (Fsp3) is 0.600. The van der Waals surface area contributed by atoms with Crippen molar-refractivity contribution in [3.05, 3.63) is 28.2 Å². The predicted octanol–water partition coefficient (Wildman–Crippen LogP) is 4.02. The van der Waals surface area contributed by atoms with E-state index in [9.17, 15) is 0 Å². The summed E-state index contributed by atoms with van der Waals surface area (Å²) in [6.07, 6.45) is 2.30. The van der Waals surface area contributed by atoms with Crippen LogP contribution in [0.1, 0.15) is 32.8 Å².